The number of nitrogens with one attached hydrogen (secondary N) is 1. The van der Waals surface area contributed by atoms with Crippen molar-refractivity contribution < 1.29 is 23.9 Å². The van der Waals surface area contributed by atoms with Gasteiger partial charge in [0.2, 0.25) is 11.8 Å². The fraction of sp³-hybridized carbons (Fsp3) is 0.667. The van der Waals surface area contributed by atoms with Crippen molar-refractivity contribution in [3.05, 3.63) is 29.8 Å². The van der Waals surface area contributed by atoms with Crippen molar-refractivity contribution in [2.45, 2.75) is 63.2 Å². The summed E-state index contributed by atoms with van der Waals surface area (Å²) in [6.45, 7) is 6.07. The summed E-state index contributed by atoms with van der Waals surface area (Å²) < 4.78 is 10.7. The maximum absolute atomic E-state index is 13.7. The molecule has 2 atom stereocenters. The average molecular weight is 516 g/mol. The predicted molar refractivity (Wildman–Crippen MR) is 139 cm³/mol. The summed E-state index contributed by atoms with van der Waals surface area (Å²) in [6, 6.07) is 6.51. The van der Waals surface area contributed by atoms with Crippen LogP contribution in [0.2, 0.25) is 0 Å². The van der Waals surface area contributed by atoms with E-state index in [-0.39, 0.29) is 35.8 Å². The van der Waals surface area contributed by atoms with E-state index in [2.05, 4.69) is 10.2 Å². The Hall–Kier alpha value is -2.69. The summed E-state index contributed by atoms with van der Waals surface area (Å²) in [5, 5.41) is 3.16. The van der Waals surface area contributed by atoms with E-state index >= 15 is 0 Å². The molecule has 3 N–H and O–H groups in total. The molecule has 1 saturated carbocycles. The molecular weight excluding hydrogens is 474 g/mol. The normalized spacial score (nSPS) is 26.5. The highest BCUT2D eigenvalue weighted by atomic mass is 16.5. The van der Waals surface area contributed by atoms with Gasteiger partial charge in [0.15, 0.2) is 0 Å². The van der Waals surface area contributed by atoms with Gasteiger partial charge in [-0.15, -0.1) is 0 Å². The molecule has 3 aliphatic rings. The molecule has 2 unspecified atom stereocenters. The van der Waals surface area contributed by atoms with Gasteiger partial charge in [-0.2, -0.15) is 0 Å². The van der Waals surface area contributed by atoms with Crippen molar-refractivity contribution in [1.29, 1.82) is 0 Å². The molecule has 204 valence electrons. The van der Waals surface area contributed by atoms with Crippen molar-refractivity contribution in [2.75, 3.05) is 53.0 Å². The molecule has 0 aromatic heterocycles. The third-order valence-corrected chi connectivity index (χ3v) is 7.90. The summed E-state index contributed by atoms with van der Waals surface area (Å²) in [5.41, 5.74) is 6.58. The Morgan fingerprint density at radius 2 is 1.78 bits per heavy atom. The number of benzene rings is 1. The van der Waals surface area contributed by atoms with E-state index in [0.717, 1.165) is 38.8 Å². The fourth-order valence-corrected chi connectivity index (χ4v) is 5.62. The second-order valence-corrected chi connectivity index (χ2v) is 10.4. The molecule has 3 fully saturated rings. The third-order valence-electron chi connectivity index (χ3n) is 7.90. The Morgan fingerprint density at radius 1 is 1.11 bits per heavy atom. The van der Waals surface area contributed by atoms with E-state index in [1.54, 1.807) is 36.3 Å². The molecule has 2 heterocycles. The molecule has 1 aliphatic carbocycles. The first-order valence-electron chi connectivity index (χ1n) is 13.4. The van der Waals surface area contributed by atoms with E-state index in [1.807, 2.05) is 4.90 Å². The second kappa shape index (κ2) is 12.7. The lowest BCUT2D eigenvalue weighted by Gasteiger charge is -2.33. The van der Waals surface area contributed by atoms with E-state index < -0.39 is 6.04 Å². The first-order valence-corrected chi connectivity index (χ1v) is 13.4. The highest BCUT2D eigenvalue weighted by Gasteiger charge is 2.42. The predicted octanol–water partition coefficient (Wildman–Crippen LogP) is 0.845. The molecule has 2 saturated heterocycles. The Labute approximate surface area is 219 Å². The first kappa shape index (κ1) is 27.3. The molecule has 37 heavy (non-hydrogen) atoms. The third kappa shape index (κ3) is 7.00. The first-order chi connectivity index (χ1) is 17.9. The Balaban J connectivity index is 1.49. The van der Waals surface area contributed by atoms with Gasteiger partial charge in [0, 0.05) is 57.3 Å². The van der Waals surface area contributed by atoms with Crippen molar-refractivity contribution in [2.24, 2.45) is 5.73 Å². The molecule has 1 aromatic rings. The zero-order valence-electron chi connectivity index (χ0n) is 22.1. The number of carbonyl (C=O) groups excluding carboxylic acids is 3. The minimum Gasteiger partial charge on any atom is -0.497 e. The van der Waals surface area contributed by atoms with Gasteiger partial charge < -0.3 is 30.3 Å². The molecule has 1 aromatic carbocycles. The second-order valence-electron chi connectivity index (χ2n) is 10.4. The molecule has 3 amide bonds. The quantitative estimate of drug-likeness (QED) is 0.527. The Kier molecular flexibility index (Phi) is 9.39. The van der Waals surface area contributed by atoms with Crippen LogP contribution in [0.5, 0.6) is 5.75 Å². The minimum atomic E-state index is -0.590. The van der Waals surface area contributed by atoms with Crippen molar-refractivity contribution in [3.63, 3.8) is 0 Å². The number of methoxy groups -OCH3 is 1. The SMILES string of the molecule is COc1ccc(C(=O)N(CCN2CCOCC2)C2CC(C(=O)NC3CCC(N)CC3)N(C(C)=O)C2)cc1. The number of rotatable bonds is 8. The molecule has 10 nitrogen and oxygen atoms in total. The van der Waals surface area contributed by atoms with Crippen LogP contribution >= 0.6 is 0 Å². The molecular formula is C27H41N5O5. The lowest BCUT2D eigenvalue weighted by Crippen LogP contribution is -2.49. The Morgan fingerprint density at radius 3 is 2.41 bits per heavy atom. The van der Waals surface area contributed by atoms with Crippen molar-refractivity contribution in [3.8, 4) is 5.75 Å². The minimum absolute atomic E-state index is 0.0820. The van der Waals surface area contributed by atoms with Crippen LogP contribution in [0.15, 0.2) is 24.3 Å². The van der Waals surface area contributed by atoms with E-state index in [0.29, 0.717) is 50.6 Å². The highest BCUT2D eigenvalue weighted by molar-refractivity contribution is 5.95. The topological polar surface area (TPSA) is 117 Å². The van der Waals surface area contributed by atoms with Crippen molar-refractivity contribution in [1.82, 2.24) is 20.0 Å². The van der Waals surface area contributed by atoms with Gasteiger partial charge in [-0.1, -0.05) is 0 Å². The van der Waals surface area contributed by atoms with Gasteiger partial charge in [-0.05, 0) is 56.4 Å². The molecule has 0 spiro atoms. The van der Waals surface area contributed by atoms with E-state index in [9.17, 15) is 14.4 Å². The van der Waals surface area contributed by atoms with Crippen LogP contribution in [0.25, 0.3) is 0 Å². The number of nitrogens with zero attached hydrogens (tertiary/aromatic N) is 3. The van der Waals surface area contributed by atoms with Crippen LogP contribution in [-0.2, 0) is 14.3 Å². The largest absolute Gasteiger partial charge is 0.497 e. The number of ether oxygens (including phenoxy) is 2. The maximum atomic E-state index is 13.7. The summed E-state index contributed by atoms with van der Waals surface area (Å²) in [5.74, 6) is 0.286. The monoisotopic (exact) mass is 515 g/mol. The lowest BCUT2D eigenvalue weighted by atomic mass is 9.91. The van der Waals surface area contributed by atoms with Gasteiger partial charge >= 0.3 is 0 Å². The zero-order valence-corrected chi connectivity index (χ0v) is 22.1. The molecule has 10 heteroatoms. The summed E-state index contributed by atoms with van der Waals surface area (Å²) in [7, 11) is 1.59. The number of nitrogens with two attached hydrogens (primary N) is 1. The van der Waals surface area contributed by atoms with Crippen LogP contribution in [0.4, 0.5) is 0 Å². The average Bonchev–Trinajstić information content (AvgIpc) is 3.36. The van der Waals surface area contributed by atoms with Crippen LogP contribution in [0, 0.1) is 0 Å². The van der Waals surface area contributed by atoms with Gasteiger partial charge in [0.05, 0.1) is 26.4 Å². The van der Waals surface area contributed by atoms with E-state index in [4.69, 9.17) is 15.2 Å². The number of morpholine rings is 1. The van der Waals surface area contributed by atoms with Gasteiger partial charge in [-0.25, -0.2) is 0 Å². The summed E-state index contributed by atoms with van der Waals surface area (Å²) in [4.78, 5) is 45.4. The van der Waals surface area contributed by atoms with Crippen LogP contribution in [0.1, 0.15) is 49.4 Å². The zero-order chi connectivity index (χ0) is 26.4. The maximum Gasteiger partial charge on any atom is 0.254 e. The lowest BCUT2D eigenvalue weighted by molar-refractivity contribution is -0.137. The molecule has 2 aliphatic heterocycles. The van der Waals surface area contributed by atoms with Crippen molar-refractivity contribution >= 4 is 17.7 Å². The standard InChI is InChI=1S/C27H41N5O5/c1-19(33)32-18-23(17-25(32)26(34)29-22-7-5-21(28)6-8-22)31(12-11-30-13-15-37-16-14-30)27(35)20-3-9-24(36-2)10-4-20/h3-4,9-10,21-23,25H,5-8,11-18,28H2,1-2H3,(H,29,34). The van der Waals surface area contributed by atoms with E-state index in [1.165, 1.54) is 6.92 Å². The summed E-state index contributed by atoms with van der Waals surface area (Å²) >= 11 is 0. The molecule has 0 radical (unpaired) electrons. The van der Waals surface area contributed by atoms with Gasteiger partial charge in [-0.3, -0.25) is 19.3 Å². The smallest absolute Gasteiger partial charge is 0.254 e. The number of carbonyl (C=O) groups is 3. The van der Waals surface area contributed by atoms with Crippen LogP contribution in [0.3, 0.4) is 0 Å². The van der Waals surface area contributed by atoms with Crippen LogP contribution < -0.4 is 15.8 Å². The number of amides is 3. The number of hydrogen-bond donors (Lipinski definition) is 2. The highest BCUT2D eigenvalue weighted by Crippen LogP contribution is 2.26. The summed E-state index contributed by atoms with van der Waals surface area (Å²) in [6.07, 6.45) is 3.90. The number of likely N-dealkylation sites (tertiary alicyclic amines) is 1. The van der Waals surface area contributed by atoms with Crippen LogP contribution in [-0.4, -0.2) is 110 Å². The number of hydrogen-bond acceptors (Lipinski definition) is 7. The Bertz CT molecular complexity index is 928. The van der Waals surface area contributed by atoms with Gasteiger partial charge in [0.25, 0.3) is 5.91 Å². The molecule has 0 bridgehead atoms. The fourth-order valence-electron chi connectivity index (χ4n) is 5.62. The molecule has 4 rings (SSSR count). The van der Waals surface area contributed by atoms with Gasteiger partial charge in [0.1, 0.15) is 11.8 Å².